The Hall–Kier alpha value is -2.08. The summed E-state index contributed by atoms with van der Waals surface area (Å²) in [7, 11) is 0. The zero-order valence-corrected chi connectivity index (χ0v) is 9.53. The Morgan fingerprint density at radius 3 is 2.29 bits per heavy atom. The quantitative estimate of drug-likeness (QED) is 0.483. The molecule has 0 spiro atoms. The zero-order valence-electron chi connectivity index (χ0n) is 9.53. The average molecular weight is 216 g/mol. The second-order valence-electron chi connectivity index (χ2n) is 4.76. The van der Waals surface area contributed by atoms with Crippen molar-refractivity contribution in [3.05, 3.63) is 66.2 Å². The standard InChI is InChI=1S/C17H12/c1-11-10-14-6-2-4-12-8-9-13-5-3-7-15(11)17(13)16(12)14/h2-9H,1,10H2. The molecule has 0 aliphatic heterocycles. The fourth-order valence-corrected chi connectivity index (χ4v) is 3.00. The van der Waals surface area contributed by atoms with Crippen LogP contribution in [0.15, 0.2) is 55.1 Å². The second kappa shape index (κ2) is 2.98. The number of benzene rings is 3. The summed E-state index contributed by atoms with van der Waals surface area (Å²) in [5.74, 6) is 0. The van der Waals surface area contributed by atoms with E-state index in [0.717, 1.165) is 6.42 Å². The average Bonchev–Trinajstić information content (AvgIpc) is 2.37. The molecule has 80 valence electrons. The van der Waals surface area contributed by atoms with Gasteiger partial charge < -0.3 is 0 Å². The van der Waals surface area contributed by atoms with Crippen LogP contribution in [0.3, 0.4) is 0 Å². The van der Waals surface area contributed by atoms with Crippen molar-refractivity contribution >= 4 is 27.1 Å². The number of hydrogen-bond acceptors (Lipinski definition) is 0. The highest BCUT2D eigenvalue weighted by Crippen LogP contribution is 2.39. The van der Waals surface area contributed by atoms with E-state index >= 15 is 0 Å². The van der Waals surface area contributed by atoms with E-state index in [0.29, 0.717) is 0 Å². The normalized spacial score (nSPS) is 13.8. The van der Waals surface area contributed by atoms with E-state index < -0.39 is 0 Å². The number of rotatable bonds is 0. The van der Waals surface area contributed by atoms with Crippen molar-refractivity contribution in [2.24, 2.45) is 0 Å². The highest BCUT2D eigenvalue weighted by molar-refractivity contribution is 6.15. The van der Waals surface area contributed by atoms with Gasteiger partial charge in [0.2, 0.25) is 0 Å². The Morgan fingerprint density at radius 2 is 1.47 bits per heavy atom. The summed E-state index contributed by atoms with van der Waals surface area (Å²) in [6.45, 7) is 4.23. The molecule has 0 saturated heterocycles. The lowest BCUT2D eigenvalue weighted by Crippen LogP contribution is -1.99. The summed E-state index contributed by atoms with van der Waals surface area (Å²) >= 11 is 0. The van der Waals surface area contributed by atoms with Gasteiger partial charge in [-0.2, -0.15) is 0 Å². The molecule has 0 heterocycles. The van der Waals surface area contributed by atoms with Crippen LogP contribution in [0.5, 0.6) is 0 Å². The van der Waals surface area contributed by atoms with Crippen molar-refractivity contribution in [3.8, 4) is 0 Å². The van der Waals surface area contributed by atoms with Crippen molar-refractivity contribution in [2.45, 2.75) is 6.42 Å². The van der Waals surface area contributed by atoms with Gasteiger partial charge in [-0.25, -0.2) is 0 Å². The number of allylic oxidation sites excluding steroid dienone is 1. The summed E-state index contributed by atoms with van der Waals surface area (Å²) in [5.41, 5.74) is 3.98. The maximum Gasteiger partial charge on any atom is -0.00191 e. The Labute approximate surface area is 100 Å². The lowest BCUT2D eigenvalue weighted by atomic mass is 9.84. The first-order valence-corrected chi connectivity index (χ1v) is 5.96. The van der Waals surface area contributed by atoms with Crippen LogP contribution in [0.25, 0.3) is 27.1 Å². The Bertz CT molecular complexity index is 778. The van der Waals surface area contributed by atoms with Crippen LogP contribution in [0.2, 0.25) is 0 Å². The molecular weight excluding hydrogens is 204 g/mol. The molecule has 4 rings (SSSR count). The molecular formula is C17H12. The minimum atomic E-state index is 0.980. The summed E-state index contributed by atoms with van der Waals surface area (Å²) in [5, 5.41) is 5.48. The Morgan fingerprint density at radius 1 is 0.765 bits per heavy atom. The van der Waals surface area contributed by atoms with Gasteiger partial charge in [0, 0.05) is 0 Å². The molecule has 1 aliphatic carbocycles. The molecule has 0 nitrogen and oxygen atoms in total. The molecule has 0 bridgehead atoms. The van der Waals surface area contributed by atoms with Crippen molar-refractivity contribution in [1.82, 2.24) is 0 Å². The highest BCUT2D eigenvalue weighted by atomic mass is 14.2. The molecule has 0 aromatic heterocycles. The molecule has 0 fully saturated rings. The molecule has 0 saturated carbocycles. The zero-order chi connectivity index (χ0) is 11.4. The molecule has 1 aliphatic rings. The van der Waals surface area contributed by atoms with E-state index in [9.17, 15) is 0 Å². The van der Waals surface area contributed by atoms with E-state index in [-0.39, 0.29) is 0 Å². The van der Waals surface area contributed by atoms with Crippen molar-refractivity contribution < 1.29 is 0 Å². The van der Waals surface area contributed by atoms with Gasteiger partial charge in [0.05, 0.1) is 0 Å². The summed E-state index contributed by atoms with van der Waals surface area (Å²) in [4.78, 5) is 0. The third kappa shape index (κ3) is 1.07. The van der Waals surface area contributed by atoms with E-state index in [1.54, 1.807) is 0 Å². The van der Waals surface area contributed by atoms with Gasteiger partial charge in [0.15, 0.2) is 0 Å². The van der Waals surface area contributed by atoms with Gasteiger partial charge >= 0.3 is 0 Å². The Kier molecular flexibility index (Phi) is 1.58. The smallest absolute Gasteiger partial charge is 0.00191 e. The third-order valence-electron chi connectivity index (χ3n) is 3.76. The minimum absolute atomic E-state index is 0.980. The van der Waals surface area contributed by atoms with Crippen LogP contribution in [0.1, 0.15) is 11.1 Å². The van der Waals surface area contributed by atoms with Crippen LogP contribution in [0.4, 0.5) is 0 Å². The minimum Gasteiger partial charge on any atom is -0.0949 e. The molecule has 0 N–H and O–H groups in total. The van der Waals surface area contributed by atoms with Crippen LogP contribution in [-0.4, -0.2) is 0 Å². The van der Waals surface area contributed by atoms with Gasteiger partial charge in [-0.3, -0.25) is 0 Å². The first-order chi connectivity index (χ1) is 8.34. The SMILES string of the molecule is C=C1Cc2cccc3ccc4cccc1c4c23. The molecule has 0 unspecified atom stereocenters. The molecule has 3 aromatic rings. The van der Waals surface area contributed by atoms with Gasteiger partial charge in [-0.1, -0.05) is 55.1 Å². The third-order valence-corrected chi connectivity index (χ3v) is 3.76. The first-order valence-electron chi connectivity index (χ1n) is 5.96. The van der Waals surface area contributed by atoms with Gasteiger partial charge in [0.1, 0.15) is 0 Å². The van der Waals surface area contributed by atoms with Crippen molar-refractivity contribution in [1.29, 1.82) is 0 Å². The molecule has 17 heavy (non-hydrogen) atoms. The Balaban J connectivity index is 2.41. The van der Waals surface area contributed by atoms with Crippen LogP contribution in [0, 0.1) is 0 Å². The largest absolute Gasteiger partial charge is 0.0949 e. The molecule has 0 amide bonds. The maximum absolute atomic E-state index is 4.23. The predicted octanol–water partition coefficient (Wildman–Crippen LogP) is 4.56. The van der Waals surface area contributed by atoms with Crippen molar-refractivity contribution in [2.75, 3.05) is 0 Å². The van der Waals surface area contributed by atoms with Gasteiger partial charge in [0.25, 0.3) is 0 Å². The van der Waals surface area contributed by atoms with E-state index in [1.165, 1.54) is 38.2 Å². The summed E-state index contributed by atoms with van der Waals surface area (Å²) < 4.78 is 0. The fourth-order valence-electron chi connectivity index (χ4n) is 3.00. The van der Waals surface area contributed by atoms with Crippen LogP contribution >= 0.6 is 0 Å². The molecule has 0 atom stereocenters. The molecule has 0 radical (unpaired) electrons. The molecule has 3 aromatic carbocycles. The lowest BCUT2D eigenvalue weighted by Gasteiger charge is -2.20. The number of hydrogen-bond donors (Lipinski definition) is 0. The summed E-state index contributed by atoms with van der Waals surface area (Å²) in [6, 6.07) is 17.5. The van der Waals surface area contributed by atoms with E-state index in [4.69, 9.17) is 0 Å². The molecule has 0 heteroatoms. The summed E-state index contributed by atoms with van der Waals surface area (Å²) in [6.07, 6.45) is 0.980. The van der Waals surface area contributed by atoms with Gasteiger partial charge in [-0.05, 0) is 44.7 Å². The highest BCUT2D eigenvalue weighted by Gasteiger charge is 2.16. The predicted molar refractivity (Wildman–Crippen MR) is 74.2 cm³/mol. The topological polar surface area (TPSA) is 0 Å². The van der Waals surface area contributed by atoms with Crippen LogP contribution in [-0.2, 0) is 6.42 Å². The van der Waals surface area contributed by atoms with E-state index in [1.807, 2.05) is 0 Å². The maximum atomic E-state index is 4.23. The van der Waals surface area contributed by atoms with Gasteiger partial charge in [-0.15, -0.1) is 0 Å². The monoisotopic (exact) mass is 216 g/mol. The van der Waals surface area contributed by atoms with Crippen molar-refractivity contribution in [3.63, 3.8) is 0 Å². The van der Waals surface area contributed by atoms with Crippen LogP contribution < -0.4 is 0 Å². The fraction of sp³-hybridized carbons (Fsp3) is 0.0588. The van der Waals surface area contributed by atoms with E-state index in [2.05, 4.69) is 55.1 Å². The lowest BCUT2D eigenvalue weighted by molar-refractivity contribution is 1.31. The second-order valence-corrected chi connectivity index (χ2v) is 4.76. The first kappa shape index (κ1) is 9.00.